The third-order valence-corrected chi connectivity index (χ3v) is 3.84. The summed E-state index contributed by atoms with van der Waals surface area (Å²) in [7, 11) is 1.33. The van der Waals surface area contributed by atoms with Crippen LogP contribution in [-0.4, -0.2) is 55.3 Å². The molecule has 1 heterocycles. The molecule has 1 aliphatic heterocycles. The molecule has 0 radical (unpaired) electrons. The summed E-state index contributed by atoms with van der Waals surface area (Å²) < 4.78 is 9.97. The lowest BCUT2D eigenvalue weighted by Crippen LogP contribution is -2.44. The summed E-state index contributed by atoms with van der Waals surface area (Å²) in [6.07, 6.45) is 5.77. The minimum Gasteiger partial charge on any atom is -0.467 e. The van der Waals surface area contributed by atoms with Gasteiger partial charge in [0.05, 0.1) is 7.11 Å². The van der Waals surface area contributed by atoms with Crippen molar-refractivity contribution in [2.45, 2.75) is 70.9 Å². The molecule has 1 unspecified atom stereocenters. The third-order valence-electron chi connectivity index (χ3n) is 3.84. The molecule has 6 nitrogen and oxygen atoms in total. The van der Waals surface area contributed by atoms with E-state index in [4.69, 9.17) is 9.47 Å². The smallest absolute Gasteiger partial charge is 0.408 e. The normalized spacial score (nSPS) is 17.4. The fourth-order valence-electron chi connectivity index (χ4n) is 2.71. The molecule has 23 heavy (non-hydrogen) atoms. The van der Waals surface area contributed by atoms with Gasteiger partial charge in [-0.2, -0.15) is 0 Å². The zero-order chi connectivity index (χ0) is 17.3. The van der Waals surface area contributed by atoms with Crippen LogP contribution in [0, 0.1) is 0 Å². The number of piperidine rings is 1. The molecule has 1 amide bonds. The second kappa shape index (κ2) is 9.75. The standard InChI is InChI=1S/C17H32N2O4/c1-17(2,3)23-16(21)18-14(15(20)22-4)10-6-9-13-19-11-7-5-8-12-19/h14H,5-13H2,1-4H3,(H,18,21). The van der Waals surface area contributed by atoms with Gasteiger partial charge in [0.2, 0.25) is 0 Å². The lowest BCUT2D eigenvalue weighted by Gasteiger charge is -2.26. The fraction of sp³-hybridized carbons (Fsp3) is 0.882. The second-order valence-electron chi connectivity index (χ2n) is 7.12. The minimum atomic E-state index is -0.642. The predicted molar refractivity (Wildman–Crippen MR) is 89.3 cm³/mol. The van der Waals surface area contributed by atoms with Crippen molar-refractivity contribution in [1.82, 2.24) is 10.2 Å². The summed E-state index contributed by atoms with van der Waals surface area (Å²) in [5, 5.41) is 2.61. The van der Waals surface area contributed by atoms with E-state index >= 15 is 0 Å². The zero-order valence-electron chi connectivity index (χ0n) is 15.0. The van der Waals surface area contributed by atoms with E-state index in [2.05, 4.69) is 10.2 Å². The highest BCUT2D eigenvalue weighted by Crippen LogP contribution is 2.12. The van der Waals surface area contributed by atoms with Gasteiger partial charge in [-0.3, -0.25) is 0 Å². The number of rotatable bonds is 7. The summed E-state index contributed by atoms with van der Waals surface area (Å²) in [5.74, 6) is -0.422. The van der Waals surface area contributed by atoms with Crippen LogP contribution in [0.1, 0.15) is 59.3 Å². The van der Waals surface area contributed by atoms with Gasteiger partial charge >= 0.3 is 12.1 Å². The molecule has 1 saturated heterocycles. The number of esters is 1. The molecular weight excluding hydrogens is 296 g/mol. The number of hydrogen-bond donors (Lipinski definition) is 1. The van der Waals surface area contributed by atoms with Gasteiger partial charge < -0.3 is 19.7 Å². The number of alkyl carbamates (subject to hydrolysis) is 1. The van der Waals surface area contributed by atoms with Crippen LogP contribution in [0.4, 0.5) is 4.79 Å². The number of ether oxygens (including phenoxy) is 2. The molecule has 1 N–H and O–H groups in total. The van der Waals surface area contributed by atoms with Crippen molar-refractivity contribution >= 4 is 12.1 Å². The summed E-state index contributed by atoms with van der Waals surface area (Å²) >= 11 is 0. The van der Waals surface area contributed by atoms with E-state index in [1.54, 1.807) is 20.8 Å². The first kappa shape index (κ1) is 19.7. The average molecular weight is 328 g/mol. The Labute approximate surface area is 139 Å². The van der Waals surface area contributed by atoms with Crippen LogP contribution in [0.15, 0.2) is 0 Å². The SMILES string of the molecule is COC(=O)C(CCCCN1CCCCC1)NC(=O)OC(C)(C)C. The maximum atomic E-state index is 11.8. The van der Waals surface area contributed by atoms with Crippen molar-refractivity contribution < 1.29 is 19.1 Å². The first-order chi connectivity index (χ1) is 10.8. The van der Waals surface area contributed by atoms with Crippen molar-refractivity contribution in [1.29, 1.82) is 0 Å². The Morgan fingerprint density at radius 2 is 1.78 bits per heavy atom. The number of methoxy groups -OCH3 is 1. The van der Waals surface area contributed by atoms with Crippen molar-refractivity contribution in [3.05, 3.63) is 0 Å². The van der Waals surface area contributed by atoms with Crippen molar-refractivity contribution in [2.75, 3.05) is 26.7 Å². The van der Waals surface area contributed by atoms with Crippen LogP contribution in [0.5, 0.6) is 0 Å². The number of unbranched alkanes of at least 4 members (excludes halogenated alkanes) is 1. The van der Waals surface area contributed by atoms with Gasteiger partial charge in [0, 0.05) is 0 Å². The summed E-state index contributed by atoms with van der Waals surface area (Å²) in [6, 6.07) is -0.642. The lowest BCUT2D eigenvalue weighted by atomic mass is 10.1. The topological polar surface area (TPSA) is 67.9 Å². The molecule has 0 aromatic heterocycles. The molecule has 0 saturated carbocycles. The Balaban J connectivity index is 2.33. The first-order valence-electron chi connectivity index (χ1n) is 8.61. The van der Waals surface area contributed by atoms with Crippen LogP contribution >= 0.6 is 0 Å². The predicted octanol–water partition coefficient (Wildman–Crippen LogP) is 2.71. The van der Waals surface area contributed by atoms with Crippen LogP contribution in [0.2, 0.25) is 0 Å². The largest absolute Gasteiger partial charge is 0.467 e. The Hall–Kier alpha value is -1.30. The molecule has 134 valence electrons. The van der Waals surface area contributed by atoms with Gasteiger partial charge in [-0.15, -0.1) is 0 Å². The second-order valence-corrected chi connectivity index (χ2v) is 7.12. The number of nitrogens with one attached hydrogen (secondary N) is 1. The molecule has 6 heteroatoms. The molecule has 1 rings (SSSR count). The van der Waals surface area contributed by atoms with Crippen LogP contribution in [0.3, 0.4) is 0 Å². The van der Waals surface area contributed by atoms with E-state index < -0.39 is 23.7 Å². The van der Waals surface area contributed by atoms with Gasteiger partial charge in [0.15, 0.2) is 0 Å². The average Bonchev–Trinajstić information content (AvgIpc) is 2.48. The number of nitrogens with zero attached hydrogens (tertiary/aromatic N) is 1. The molecule has 0 bridgehead atoms. The van der Waals surface area contributed by atoms with Crippen LogP contribution < -0.4 is 5.32 Å². The highest BCUT2D eigenvalue weighted by Gasteiger charge is 2.24. The fourth-order valence-corrected chi connectivity index (χ4v) is 2.71. The van der Waals surface area contributed by atoms with Crippen LogP contribution in [-0.2, 0) is 14.3 Å². The van der Waals surface area contributed by atoms with E-state index in [0.29, 0.717) is 6.42 Å². The van der Waals surface area contributed by atoms with Crippen molar-refractivity contribution in [2.24, 2.45) is 0 Å². The van der Waals surface area contributed by atoms with E-state index in [1.807, 2.05) is 0 Å². The summed E-state index contributed by atoms with van der Waals surface area (Å²) in [5.41, 5.74) is -0.584. The van der Waals surface area contributed by atoms with Crippen molar-refractivity contribution in [3.8, 4) is 0 Å². The lowest BCUT2D eigenvalue weighted by molar-refractivity contribution is -0.143. The summed E-state index contributed by atoms with van der Waals surface area (Å²) in [6.45, 7) is 8.78. The van der Waals surface area contributed by atoms with Gasteiger partial charge in [0.25, 0.3) is 0 Å². The van der Waals surface area contributed by atoms with Gasteiger partial charge in [0.1, 0.15) is 11.6 Å². The molecule has 1 aliphatic rings. The molecule has 0 aromatic rings. The molecule has 1 fully saturated rings. The highest BCUT2D eigenvalue weighted by molar-refractivity contribution is 5.81. The molecule has 0 spiro atoms. The van der Waals surface area contributed by atoms with Gasteiger partial charge in [-0.05, 0) is 72.5 Å². The van der Waals surface area contributed by atoms with E-state index in [9.17, 15) is 9.59 Å². The molecule has 0 aliphatic carbocycles. The number of hydrogen-bond acceptors (Lipinski definition) is 5. The molecule has 0 aromatic carbocycles. The summed E-state index contributed by atoms with van der Waals surface area (Å²) in [4.78, 5) is 26.1. The molecule has 1 atom stereocenters. The first-order valence-corrected chi connectivity index (χ1v) is 8.61. The van der Waals surface area contributed by atoms with E-state index in [1.165, 1.54) is 39.5 Å². The molecular formula is C17H32N2O4. The number of carbonyl (C=O) groups is 2. The van der Waals surface area contributed by atoms with Crippen LogP contribution in [0.25, 0.3) is 0 Å². The van der Waals surface area contributed by atoms with E-state index in [-0.39, 0.29) is 0 Å². The van der Waals surface area contributed by atoms with Gasteiger partial charge in [-0.25, -0.2) is 9.59 Å². The van der Waals surface area contributed by atoms with E-state index in [0.717, 1.165) is 19.4 Å². The Morgan fingerprint density at radius 1 is 1.13 bits per heavy atom. The van der Waals surface area contributed by atoms with Crippen molar-refractivity contribution in [3.63, 3.8) is 0 Å². The maximum absolute atomic E-state index is 11.8. The minimum absolute atomic E-state index is 0.422. The Morgan fingerprint density at radius 3 is 2.35 bits per heavy atom. The number of likely N-dealkylation sites (tertiary alicyclic amines) is 1. The quantitative estimate of drug-likeness (QED) is 0.575. The Bertz CT molecular complexity index is 373. The number of amides is 1. The maximum Gasteiger partial charge on any atom is 0.408 e. The number of carbonyl (C=O) groups excluding carboxylic acids is 2. The Kier molecular flexibility index (Phi) is 8.37. The monoisotopic (exact) mass is 328 g/mol. The third kappa shape index (κ3) is 8.79. The highest BCUT2D eigenvalue weighted by atomic mass is 16.6. The zero-order valence-corrected chi connectivity index (χ0v) is 15.0. The van der Waals surface area contributed by atoms with Gasteiger partial charge in [-0.1, -0.05) is 6.42 Å².